The highest BCUT2D eigenvalue weighted by atomic mass is 79.9. The smallest absolute Gasteiger partial charge is 0.205 e. The number of hydrogen-bond acceptors (Lipinski definition) is 4. The molecule has 5 heteroatoms. The van der Waals surface area contributed by atoms with Crippen molar-refractivity contribution in [3.63, 3.8) is 0 Å². The van der Waals surface area contributed by atoms with E-state index in [2.05, 4.69) is 33.0 Å². The summed E-state index contributed by atoms with van der Waals surface area (Å²) >= 11 is 3.50. The lowest BCUT2D eigenvalue weighted by atomic mass is 9.83. The first-order valence-corrected chi connectivity index (χ1v) is 8.17. The Labute approximate surface area is 147 Å². The van der Waals surface area contributed by atoms with E-state index in [1.807, 2.05) is 36.4 Å². The molecule has 1 aromatic heterocycles. The number of nitrogens with zero attached hydrogens (tertiary/aromatic N) is 2. The normalized spacial score (nSPS) is 16.4. The summed E-state index contributed by atoms with van der Waals surface area (Å²) in [6.07, 6.45) is 3.47. The number of allylic oxidation sites excluding steroid dienone is 1. The standard InChI is InChI=1S/C19H12BrN3O/c20-14-4-3-11-8-17-15(7-13(11)6-14)18(12-2-1-5-23-10-12)16(9-21)19(22)24-17/h1-8,10,18H,22H2/t18-/m1/s1. The first-order chi connectivity index (χ1) is 11.7. The summed E-state index contributed by atoms with van der Waals surface area (Å²) in [4.78, 5) is 4.18. The topological polar surface area (TPSA) is 71.9 Å². The minimum Gasteiger partial charge on any atom is -0.440 e. The maximum absolute atomic E-state index is 9.58. The molecule has 2 aromatic carbocycles. The molecule has 0 radical (unpaired) electrons. The second kappa shape index (κ2) is 5.66. The van der Waals surface area contributed by atoms with Crippen LogP contribution in [-0.2, 0) is 0 Å². The van der Waals surface area contributed by atoms with Gasteiger partial charge < -0.3 is 10.5 Å². The van der Waals surface area contributed by atoms with Crippen LogP contribution in [0, 0.1) is 11.3 Å². The number of nitrogens with two attached hydrogens (primary N) is 1. The summed E-state index contributed by atoms with van der Waals surface area (Å²) in [6, 6.07) is 16.1. The van der Waals surface area contributed by atoms with Gasteiger partial charge in [0.2, 0.25) is 5.88 Å². The van der Waals surface area contributed by atoms with E-state index in [4.69, 9.17) is 10.5 Å². The predicted octanol–water partition coefficient (Wildman–Crippen LogP) is 4.22. The van der Waals surface area contributed by atoms with Crippen LogP contribution in [-0.4, -0.2) is 4.98 Å². The second-order valence-corrected chi connectivity index (χ2v) is 6.51. The quantitative estimate of drug-likeness (QED) is 0.688. The molecule has 0 aliphatic carbocycles. The molecule has 2 N–H and O–H groups in total. The van der Waals surface area contributed by atoms with Crippen molar-refractivity contribution in [3.05, 3.63) is 81.9 Å². The van der Waals surface area contributed by atoms with Gasteiger partial charge in [-0.2, -0.15) is 5.26 Å². The number of halogens is 1. The number of rotatable bonds is 1. The van der Waals surface area contributed by atoms with Crippen molar-refractivity contribution in [2.45, 2.75) is 5.92 Å². The van der Waals surface area contributed by atoms with Crippen LogP contribution in [0.25, 0.3) is 10.8 Å². The van der Waals surface area contributed by atoms with Gasteiger partial charge in [0.25, 0.3) is 0 Å². The van der Waals surface area contributed by atoms with E-state index < -0.39 is 0 Å². The van der Waals surface area contributed by atoms with Gasteiger partial charge in [0.05, 0.1) is 5.92 Å². The Kier molecular flexibility index (Phi) is 3.47. The number of aromatic nitrogens is 1. The van der Waals surface area contributed by atoms with Crippen LogP contribution >= 0.6 is 15.9 Å². The fourth-order valence-corrected chi connectivity index (χ4v) is 3.44. The summed E-state index contributed by atoms with van der Waals surface area (Å²) in [7, 11) is 0. The Bertz CT molecular complexity index is 1020. The maximum Gasteiger partial charge on any atom is 0.205 e. The SMILES string of the molecule is N#CC1=C(N)Oc2cc3ccc(Br)cc3cc2[C@H]1c1cccnc1. The van der Waals surface area contributed by atoms with E-state index in [1.54, 1.807) is 12.4 Å². The monoisotopic (exact) mass is 377 g/mol. The van der Waals surface area contributed by atoms with E-state index in [0.717, 1.165) is 26.4 Å². The summed E-state index contributed by atoms with van der Waals surface area (Å²) in [5, 5.41) is 11.7. The lowest BCUT2D eigenvalue weighted by Crippen LogP contribution is -2.21. The number of nitriles is 1. The van der Waals surface area contributed by atoms with Gasteiger partial charge in [-0.05, 0) is 46.7 Å². The number of ether oxygens (including phenoxy) is 1. The van der Waals surface area contributed by atoms with Crippen LogP contribution in [0.5, 0.6) is 5.75 Å². The molecule has 24 heavy (non-hydrogen) atoms. The average molecular weight is 378 g/mol. The fourth-order valence-electron chi connectivity index (χ4n) is 3.06. The van der Waals surface area contributed by atoms with E-state index in [-0.39, 0.29) is 11.8 Å². The zero-order valence-corrected chi connectivity index (χ0v) is 14.1. The lowest BCUT2D eigenvalue weighted by molar-refractivity contribution is 0.394. The number of benzene rings is 2. The summed E-state index contributed by atoms with van der Waals surface area (Å²) < 4.78 is 6.73. The Hall–Kier alpha value is -2.84. The Morgan fingerprint density at radius 2 is 2.04 bits per heavy atom. The molecule has 0 saturated heterocycles. The zero-order valence-electron chi connectivity index (χ0n) is 12.5. The number of pyridine rings is 1. The summed E-state index contributed by atoms with van der Waals surface area (Å²) in [6.45, 7) is 0. The molecule has 0 spiro atoms. The van der Waals surface area contributed by atoms with E-state index in [9.17, 15) is 5.26 Å². The average Bonchev–Trinajstić information content (AvgIpc) is 2.60. The predicted molar refractivity (Wildman–Crippen MR) is 95.2 cm³/mol. The third-order valence-electron chi connectivity index (χ3n) is 4.15. The molecule has 0 amide bonds. The highest BCUT2D eigenvalue weighted by Gasteiger charge is 2.31. The van der Waals surface area contributed by atoms with Gasteiger partial charge in [-0.25, -0.2) is 0 Å². The second-order valence-electron chi connectivity index (χ2n) is 5.59. The van der Waals surface area contributed by atoms with Crippen molar-refractivity contribution in [3.8, 4) is 11.8 Å². The Morgan fingerprint density at radius 3 is 2.79 bits per heavy atom. The van der Waals surface area contributed by atoms with Gasteiger partial charge >= 0.3 is 0 Å². The molecule has 1 aliphatic heterocycles. The van der Waals surface area contributed by atoms with Crippen LogP contribution in [0.1, 0.15) is 17.0 Å². The molecule has 0 fully saturated rings. The van der Waals surface area contributed by atoms with Crippen LogP contribution in [0.2, 0.25) is 0 Å². The van der Waals surface area contributed by atoms with Crippen molar-refractivity contribution in [1.82, 2.24) is 4.98 Å². The van der Waals surface area contributed by atoms with Gasteiger partial charge in [0.1, 0.15) is 17.4 Å². The summed E-state index contributed by atoms with van der Waals surface area (Å²) in [5.74, 6) is 0.543. The van der Waals surface area contributed by atoms with Gasteiger partial charge in [0.15, 0.2) is 0 Å². The molecular formula is C19H12BrN3O. The van der Waals surface area contributed by atoms with Crippen LogP contribution in [0.15, 0.2) is 70.8 Å². The molecule has 1 atom stereocenters. The van der Waals surface area contributed by atoms with E-state index in [0.29, 0.717) is 11.3 Å². The van der Waals surface area contributed by atoms with Crippen molar-refractivity contribution < 1.29 is 4.74 Å². The molecule has 4 rings (SSSR count). The highest BCUT2D eigenvalue weighted by molar-refractivity contribution is 9.10. The first-order valence-electron chi connectivity index (χ1n) is 7.38. The third kappa shape index (κ3) is 2.32. The van der Waals surface area contributed by atoms with Crippen molar-refractivity contribution in [2.24, 2.45) is 5.73 Å². The van der Waals surface area contributed by atoms with E-state index >= 15 is 0 Å². The molecule has 0 bridgehead atoms. The number of hydrogen-bond donors (Lipinski definition) is 1. The molecule has 4 nitrogen and oxygen atoms in total. The molecule has 3 aromatic rings. The van der Waals surface area contributed by atoms with Gasteiger partial charge in [-0.1, -0.05) is 28.1 Å². The Morgan fingerprint density at radius 1 is 1.17 bits per heavy atom. The lowest BCUT2D eigenvalue weighted by Gasteiger charge is -2.26. The Balaban J connectivity index is 2.00. The largest absolute Gasteiger partial charge is 0.440 e. The molecule has 2 heterocycles. The molecule has 0 saturated carbocycles. The van der Waals surface area contributed by atoms with Gasteiger partial charge in [-0.3, -0.25) is 4.98 Å². The number of fused-ring (bicyclic) bond motifs is 2. The zero-order chi connectivity index (χ0) is 16.7. The van der Waals surface area contributed by atoms with Crippen molar-refractivity contribution in [1.29, 1.82) is 5.26 Å². The third-order valence-corrected chi connectivity index (χ3v) is 4.65. The minimum absolute atomic E-state index is 0.148. The maximum atomic E-state index is 9.58. The van der Waals surface area contributed by atoms with Crippen molar-refractivity contribution in [2.75, 3.05) is 0 Å². The van der Waals surface area contributed by atoms with Crippen LogP contribution in [0.4, 0.5) is 0 Å². The molecular weight excluding hydrogens is 366 g/mol. The van der Waals surface area contributed by atoms with Gasteiger partial charge in [-0.15, -0.1) is 0 Å². The molecule has 116 valence electrons. The molecule has 0 unspecified atom stereocenters. The van der Waals surface area contributed by atoms with Crippen molar-refractivity contribution >= 4 is 26.7 Å². The highest BCUT2D eigenvalue weighted by Crippen LogP contribution is 2.43. The van der Waals surface area contributed by atoms with Crippen LogP contribution in [0.3, 0.4) is 0 Å². The van der Waals surface area contributed by atoms with E-state index in [1.165, 1.54) is 0 Å². The summed E-state index contributed by atoms with van der Waals surface area (Å²) in [5.41, 5.74) is 8.24. The first kappa shape index (κ1) is 14.7. The van der Waals surface area contributed by atoms with Crippen LogP contribution < -0.4 is 10.5 Å². The fraction of sp³-hybridized carbons (Fsp3) is 0.0526. The molecule has 1 aliphatic rings. The minimum atomic E-state index is -0.282. The van der Waals surface area contributed by atoms with Gasteiger partial charge in [0, 0.05) is 22.4 Å².